The molecule has 6 amide bonds. The molecule has 3 fully saturated rings. The largest absolute Gasteiger partial charge is 0.417 e. The molecule has 0 spiro atoms. The lowest BCUT2D eigenvalue weighted by molar-refractivity contribution is -0.138. The van der Waals surface area contributed by atoms with Gasteiger partial charge in [0.1, 0.15) is 6.04 Å². The van der Waals surface area contributed by atoms with Crippen LogP contribution in [-0.2, 0) is 33.5 Å². The summed E-state index contributed by atoms with van der Waals surface area (Å²) in [4.78, 5) is 101. The number of piperazine rings is 2. The second-order valence-electron chi connectivity index (χ2n) is 17.8. The van der Waals surface area contributed by atoms with E-state index < -0.39 is 58.4 Å². The van der Waals surface area contributed by atoms with Crippen molar-refractivity contribution in [1.82, 2.24) is 35.2 Å². The van der Waals surface area contributed by atoms with Gasteiger partial charge in [0.15, 0.2) is 0 Å². The second kappa shape index (κ2) is 20.7. The van der Waals surface area contributed by atoms with Crippen molar-refractivity contribution in [1.29, 1.82) is 0 Å². The number of nitrogens with one attached hydrogen (secondary N) is 4. The van der Waals surface area contributed by atoms with Gasteiger partial charge in [0.25, 0.3) is 17.7 Å². The molecule has 5 heterocycles. The fraction of sp³-hybridized carbons (Fsp3) is 0.408. The molecule has 4 aliphatic rings. The highest BCUT2D eigenvalue weighted by molar-refractivity contribution is 6.24. The molecule has 4 N–H and O–H groups in total. The van der Waals surface area contributed by atoms with Gasteiger partial charge in [-0.1, -0.05) is 36.4 Å². The number of pyridine rings is 1. The normalized spacial score (nSPS) is 18.4. The summed E-state index contributed by atoms with van der Waals surface area (Å²) >= 11 is 0. The van der Waals surface area contributed by atoms with Gasteiger partial charge in [0, 0.05) is 97.1 Å². The Morgan fingerprint density at radius 1 is 0.809 bits per heavy atom. The van der Waals surface area contributed by atoms with Crippen molar-refractivity contribution in [3.05, 3.63) is 117 Å². The fourth-order valence-corrected chi connectivity index (χ4v) is 9.34. The minimum Gasteiger partial charge on any atom is -0.367 e. The minimum absolute atomic E-state index is 0.0487. The number of hydrogen-bond donors (Lipinski definition) is 4. The number of anilines is 2. The zero-order chi connectivity index (χ0) is 48.1. The van der Waals surface area contributed by atoms with Crippen molar-refractivity contribution >= 4 is 46.8 Å². The average Bonchev–Trinajstić information content (AvgIpc) is 3.57. The number of hydrogen-bond acceptors (Lipinski definition) is 11. The Morgan fingerprint density at radius 3 is 2.29 bits per heavy atom. The number of piperidine rings is 1. The monoisotopic (exact) mass is 937 g/mol. The zero-order valence-electron chi connectivity index (χ0n) is 37.8. The Labute approximate surface area is 390 Å². The van der Waals surface area contributed by atoms with Gasteiger partial charge in [0.2, 0.25) is 23.3 Å². The third kappa shape index (κ3) is 11.0. The number of nitrogens with zero attached hydrogens (tertiary/aromatic N) is 5. The van der Waals surface area contributed by atoms with E-state index in [4.69, 9.17) is 0 Å². The van der Waals surface area contributed by atoms with E-state index in [1.54, 1.807) is 24.3 Å². The predicted octanol–water partition coefficient (Wildman–Crippen LogP) is 4.11. The van der Waals surface area contributed by atoms with Crippen molar-refractivity contribution in [3.63, 3.8) is 0 Å². The molecule has 19 heteroatoms. The molecule has 16 nitrogen and oxygen atoms in total. The van der Waals surface area contributed by atoms with Gasteiger partial charge in [-0.15, -0.1) is 0 Å². The van der Waals surface area contributed by atoms with Crippen molar-refractivity contribution in [2.45, 2.75) is 57.3 Å². The molecule has 358 valence electrons. The van der Waals surface area contributed by atoms with Crippen LogP contribution < -0.4 is 26.4 Å². The Bertz CT molecular complexity index is 2660. The molecule has 4 aliphatic heterocycles. The summed E-state index contributed by atoms with van der Waals surface area (Å²) in [6.45, 7) is 8.06. The molecule has 8 rings (SSSR count). The van der Waals surface area contributed by atoms with Crippen LogP contribution in [0.5, 0.6) is 0 Å². The maximum Gasteiger partial charge on any atom is 0.417 e. The van der Waals surface area contributed by atoms with Crippen LogP contribution in [0, 0.1) is 0 Å². The van der Waals surface area contributed by atoms with Crippen LogP contribution in [-0.4, -0.2) is 139 Å². The maximum absolute atomic E-state index is 13.9. The van der Waals surface area contributed by atoms with E-state index in [0.717, 1.165) is 67.1 Å². The number of unbranched alkanes of at least 4 members (excludes halogenated alkanes) is 1. The van der Waals surface area contributed by atoms with E-state index in [1.165, 1.54) is 0 Å². The number of H-pyrrole nitrogens is 1. The lowest BCUT2D eigenvalue weighted by Crippen LogP contribution is -2.54. The molecule has 0 saturated carbocycles. The smallest absolute Gasteiger partial charge is 0.367 e. The number of aromatic amines is 1. The summed E-state index contributed by atoms with van der Waals surface area (Å²) in [5, 5.41) is 7.96. The molecule has 0 radical (unpaired) electrons. The lowest BCUT2D eigenvalue weighted by atomic mass is 9.98. The Kier molecular flexibility index (Phi) is 14.5. The fourth-order valence-electron chi connectivity index (χ4n) is 9.34. The minimum atomic E-state index is -4.91. The molecule has 0 bridgehead atoms. The first-order valence-corrected chi connectivity index (χ1v) is 23.0. The molecule has 1 unspecified atom stereocenters. The van der Waals surface area contributed by atoms with E-state index in [0.29, 0.717) is 81.4 Å². The number of fused-ring (bicyclic) bond motifs is 1. The first-order chi connectivity index (χ1) is 32.6. The summed E-state index contributed by atoms with van der Waals surface area (Å²) < 4.78 is 41.7. The first kappa shape index (κ1) is 47.8. The number of halogens is 3. The number of benzene rings is 3. The van der Waals surface area contributed by atoms with Crippen LogP contribution in [0.25, 0.3) is 11.1 Å². The molecule has 4 aromatic rings. The SMILES string of the molecule is CN1CCN(c2ccc(-c3cccc(CN4CCN(CCNC(=O)CCCCc5cccc6c5C(=O)N(C5CCC(=O)NC5=O)C6=O)CC4)c3)cc2NC(=O)c2c[nH]c(=O)cc2C(F)(F)F)CC1. The number of aryl methyl sites for hydroxylation is 1. The predicted molar refractivity (Wildman–Crippen MR) is 247 cm³/mol. The third-order valence-corrected chi connectivity index (χ3v) is 13.1. The lowest BCUT2D eigenvalue weighted by Gasteiger charge is -2.35. The number of rotatable bonds is 15. The summed E-state index contributed by atoms with van der Waals surface area (Å²) in [6, 6.07) is 18.1. The summed E-state index contributed by atoms with van der Waals surface area (Å²) in [7, 11) is 2.01. The molecular formula is C49H54F3N9O7. The highest BCUT2D eigenvalue weighted by atomic mass is 19.4. The summed E-state index contributed by atoms with van der Waals surface area (Å²) in [5.41, 5.74) is 2.04. The Morgan fingerprint density at radius 2 is 1.54 bits per heavy atom. The van der Waals surface area contributed by atoms with Crippen molar-refractivity contribution in [2.75, 3.05) is 82.7 Å². The van der Waals surface area contributed by atoms with Gasteiger partial charge < -0.3 is 25.4 Å². The molecule has 1 atom stereocenters. The zero-order valence-corrected chi connectivity index (χ0v) is 37.8. The first-order valence-electron chi connectivity index (χ1n) is 23.0. The van der Waals surface area contributed by atoms with Gasteiger partial charge in [-0.05, 0) is 79.3 Å². The van der Waals surface area contributed by atoms with Crippen molar-refractivity contribution in [2.24, 2.45) is 0 Å². The molecule has 68 heavy (non-hydrogen) atoms. The highest BCUT2D eigenvalue weighted by Crippen LogP contribution is 2.36. The van der Waals surface area contributed by atoms with Gasteiger partial charge in [-0.2, -0.15) is 13.2 Å². The quantitative estimate of drug-likeness (QED) is 0.0993. The van der Waals surface area contributed by atoms with Gasteiger partial charge in [-0.3, -0.25) is 53.6 Å². The van der Waals surface area contributed by atoms with Crippen LogP contribution in [0.15, 0.2) is 77.7 Å². The van der Waals surface area contributed by atoms with Gasteiger partial charge in [0.05, 0.1) is 33.6 Å². The number of alkyl halides is 3. The molecule has 0 aliphatic carbocycles. The second-order valence-corrected chi connectivity index (χ2v) is 17.8. The molecule has 3 aromatic carbocycles. The highest BCUT2D eigenvalue weighted by Gasteiger charge is 2.45. The van der Waals surface area contributed by atoms with Gasteiger partial charge >= 0.3 is 6.18 Å². The van der Waals surface area contributed by atoms with Gasteiger partial charge in [-0.25, -0.2) is 0 Å². The third-order valence-electron chi connectivity index (χ3n) is 13.1. The number of likely N-dealkylation sites (N-methyl/N-ethyl adjacent to an activating group) is 1. The summed E-state index contributed by atoms with van der Waals surface area (Å²) in [5.74, 6) is -3.21. The number of carbonyl (C=O) groups is 6. The van der Waals surface area contributed by atoms with E-state index >= 15 is 0 Å². The Balaban J connectivity index is 0.800. The standard InChI is InChI=1S/C49H54F3N9O7/c1-57-18-24-60(25-19-57)39-13-12-34(27-38(39)55-45(65)36-29-54-43(64)28-37(36)49(50,51)52)33-9-4-6-31(26-33)30-59-22-20-58(21-23-59)17-16-53-41(62)11-3-2-7-32-8-5-10-35-44(32)48(68)61(47(35)67)40-14-15-42(63)56-46(40)66/h4-6,8-10,12-13,26-29,40H,2-3,7,11,14-25,30H2,1H3,(H,53,62)(H,54,64)(H,55,65)(H,56,63,66). The van der Waals surface area contributed by atoms with Crippen LogP contribution in [0.1, 0.15) is 79.9 Å². The number of aromatic nitrogens is 1. The van der Waals surface area contributed by atoms with Crippen molar-refractivity contribution in [3.8, 4) is 11.1 Å². The summed E-state index contributed by atoms with van der Waals surface area (Å²) in [6.07, 6.45) is -1.98. The van der Waals surface area contributed by atoms with Crippen LogP contribution >= 0.6 is 0 Å². The van der Waals surface area contributed by atoms with Crippen LogP contribution in [0.3, 0.4) is 0 Å². The Hall–Kier alpha value is -6.70. The number of carbonyl (C=O) groups excluding carboxylic acids is 6. The topological polar surface area (TPSA) is 188 Å². The van der Waals surface area contributed by atoms with E-state index in [1.807, 2.05) is 37.4 Å². The number of imide groups is 2. The average molecular weight is 938 g/mol. The molecule has 1 aromatic heterocycles. The van der Waals surface area contributed by atoms with Crippen molar-refractivity contribution < 1.29 is 41.9 Å². The van der Waals surface area contributed by atoms with E-state index in [-0.39, 0.29) is 29.9 Å². The molecular weight excluding hydrogens is 884 g/mol. The van der Waals surface area contributed by atoms with Crippen LogP contribution in [0.2, 0.25) is 0 Å². The maximum atomic E-state index is 13.9. The van der Waals surface area contributed by atoms with Crippen LogP contribution in [0.4, 0.5) is 24.5 Å². The van der Waals surface area contributed by atoms with E-state index in [9.17, 15) is 46.7 Å². The molecule has 3 saturated heterocycles. The number of amides is 6. The van der Waals surface area contributed by atoms with E-state index in [2.05, 4.69) is 46.6 Å².